The van der Waals surface area contributed by atoms with Gasteiger partial charge >= 0.3 is 0 Å². The maximum absolute atomic E-state index is 12.3. The third kappa shape index (κ3) is 7.35. The first kappa shape index (κ1) is 25.8. The van der Waals surface area contributed by atoms with Gasteiger partial charge in [0.1, 0.15) is 19.0 Å². The van der Waals surface area contributed by atoms with Crippen molar-refractivity contribution in [2.45, 2.75) is 20.1 Å². The number of nitrogens with zero attached hydrogens (tertiary/aromatic N) is 1. The molecule has 1 amide bonds. The zero-order valence-electron chi connectivity index (χ0n) is 20.6. The molecular weight excluding hydrogens is 488 g/mol. The van der Waals surface area contributed by atoms with Gasteiger partial charge in [-0.1, -0.05) is 65.7 Å². The molecule has 0 aliphatic rings. The van der Waals surface area contributed by atoms with E-state index in [1.807, 2.05) is 67.6 Å². The lowest BCUT2D eigenvalue weighted by Crippen LogP contribution is -2.17. The maximum Gasteiger partial charge on any atom is 0.271 e. The van der Waals surface area contributed by atoms with Crippen LogP contribution in [0.15, 0.2) is 96.1 Å². The van der Waals surface area contributed by atoms with E-state index in [1.165, 1.54) is 6.21 Å². The minimum absolute atomic E-state index is 0.285. The van der Waals surface area contributed by atoms with Gasteiger partial charge in [0, 0.05) is 16.1 Å². The summed E-state index contributed by atoms with van der Waals surface area (Å²) in [5.74, 6) is 1.54. The average Bonchev–Trinajstić information content (AvgIpc) is 2.92. The van der Waals surface area contributed by atoms with Crippen LogP contribution in [0, 0.1) is 6.92 Å². The average molecular weight is 515 g/mol. The van der Waals surface area contributed by atoms with Crippen LogP contribution >= 0.6 is 11.6 Å². The van der Waals surface area contributed by atoms with E-state index in [4.69, 9.17) is 25.8 Å². The summed E-state index contributed by atoms with van der Waals surface area (Å²) < 4.78 is 17.5. The van der Waals surface area contributed by atoms with E-state index in [-0.39, 0.29) is 12.5 Å². The molecule has 4 aromatic carbocycles. The van der Waals surface area contributed by atoms with Crippen LogP contribution in [0.5, 0.6) is 17.2 Å². The number of rotatable bonds is 10. The van der Waals surface area contributed by atoms with E-state index in [0.29, 0.717) is 40.0 Å². The maximum atomic E-state index is 12.3. The van der Waals surface area contributed by atoms with E-state index >= 15 is 0 Å². The van der Waals surface area contributed by atoms with Gasteiger partial charge in [-0.3, -0.25) is 4.79 Å². The zero-order valence-corrected chi connectivity index (χ0v) is 21.4. The van der Waals surface area contributed by atoms with Crippen molar-refractivity contribution in [1.29, 1.82) is 0 Å². The molecule has 0 bridgehead atoms. The lowest BCUT2D eigenvalue weighted by atomic mass is 10.1. The number of amides is 1. The number of nitrogens with one attached hydrogen (secondary N) is 1. The number of benzene rings is 4. The number of aryl methyl sites for hydroxylation is 1. The quantitative estimate of drug-likeness (QED) is 0.192. The number of halogens is 1. The summed E-state index contributed by atoms with van der Waals surface area (Å²) in [7, 11) is 1.61. The van der Waals surface area contributed by atoms with Gasteiger partial charge in [-0.2, -0.15) is 5.10 Å². The summed E-state index contributed by atoms with van der Waals surface area (Å²) in [6.45, 7) is 2.69. The molecule has 188 valence electrons. The van der Waals surface area contributed by atoms with Crippen molar-refractivity contribution in [2.24, 2.45) is 5.10 Å². The first-order chi connectivity index (χ1) is 18.0. The topological polar surface area (TPSA) is 69.2 Å². The van der Waals surface area contributed by atoms with Crippen molar-refractivity contribution < 1.29 is 19.0 Å². The molecule has 0 saturated carbocycles. The molecule has 7 heteroatoms. The number of hydrazone groups is 1. The van der Waals surface area contributed by atoms with Crippen molar-refractivity contribution in [3.63, 3.8) is 0 Å². The normalized spacial score (nSPS) is 10.8. The van der Waals surface area contributed by atoms with E-state index in [2.05, 4.69) is 10.5 Å². The molecular formula is C30H27ClN2O4. The highest BCUT2D eigenvalue weighted by Crippen LogP contribution is 2.30. The Morgan fingerprint density at radius 1 is 0.838 bits per heavy atom. The highest BCUT2D eigenvalue weighted by molar-refractivity contribution is 6.30. The van der Waals surface area contributed by atoms with Crippen LogP contribution in [0.2, 0.25) is 5.02 Å². The Morgan fingerprint density at radius 3 is 2.30 bits per heavy atom. The summed E-state index contributed by atoms with van der Waals surface area (Å²) in [5, 5.41) is 4.61. The standard InChI is InChI=1S/C30H27ClN2O4/c1-21-8-11-24(12-9-21)30(34)33-32-18-25-17-26(31)13-15-27(25)36-20-23-10-14-28(29(16-23)35-2)37-19-22-6-4-3-5-7-22/h3-18H,19-20H2,1-2H3,(H,33,34)/b32-18+. The Kier molecular flexibility index (Phi) is 8.79. The highest BCUT2D eigenvalue weighted by atomic mass is 35.5. The monoisotopic (exact) mass is 514 g/mol. The van der Waals surface area contributed by atoms with Crippen LogP contribution in [0.1, 0.15) is 32.6 Å². The molecule has 0 aliphatic carbocycles. The van der Waals surface area contributed by atoms with Crippen LogP contribution in [-0.4, -0.2) is 19.2 Å². The Labute approximate surface area is 221 Å². The fourth-order valence-corrected chi connectivity index (χ4v) is 3.68. The van der Waals surface area contributed by atoms with E-state index in [9.17, 15) is 4.79 Å². The first-order valence-corrected chi connectivity index (χ1v) is 12.1. The van der Waals surface area contributed by atoms with Crippen LogP contribution in [-0.2, 0) is 13.2 Å². The number of methoxy groups -OCH3 is 1. The second-order valence-corrected chi connectivity index (χ2v) is 8.73. The van der Waals surface area contributed by atoms with Crippen molar-refractivity contribution in [3.8, 4) is 17.2 Å². The smallest absolute Gasteiger partial charge is 0.271 e. The van der Waals surface area contributed by atoms with Gasteiger partial charge in [-0.15, -0.1) is 0 Å². The molecule has 1 N–H and O–H groups in total. The van der Waals surface area contributed by atoms with Crippen molar-refractivity contribution in [2.75, 3.05) is 7.11 Å². The Balaban J connectivity index is 1.40. The number of hydrogen-bond acceptors (Lipinski definition) is 5. The third-order valence-electron chi connectivity index (χ3n) is 5.51. The van der Waals surface area contributed by atoms with Gasteiger partial charge in [-0.05, 0) is 60.5 Å². The van der Waals surface area contributed by atoms with Crippen LogP contribution in [0.3, 0.4) is 0 Å². The van der Waals surface area contributed by atoms with E-state index < -0.39 is 0 Å². The number of carbonyl (C=O) groups is 1. The SMILES string of the molecule is COc1cc(COc2ccc(Cl)cc2/C=N/NC(=O)c2ccc(C)cc2)ccc1OCc1ccccc1. The summed E-state index contributed by atoms with van der Waals surface area (Å²) in [6, 6.07) is 28.1. The first-order valence-electron chi connectivity index (χ1n) is 11.7. The summed E-state index contributed by atoms with van der Waals surface area (Å²) in [4.78, 5) is 12.3. The number of hydrogen-bond donors (Lipinski definition) is 1. The summed E-state index contributed by atoms with van der Waals surface area (Å²) in [6.07, 6.45) is 1.51. The largest absolute Gasteiger partial charge is 0.493 e. The van der Waals surface area contributed by atoms with Crippen LogP contribution in [0.4, 0.5) is 0 Å². The molecule has 0 aromatic heterocycles. The highest BCUT2D eigenvalue weighted by Gasteiger charge is 2.09. The Morgan fingerprint density at radius 2 is 1.54 bits per heavy atom. The van der Waals surface area contributed by atoms with Gasteiger partial charge in [0.05, 0.1) is 13.3 Å². The lowest BCUT2D eigenvalue weighted by molar-refractivity contribution is 0.0955. The van der Waals surface area contributed by atoms with Crippen molar-refractivity contribution in [1.82, 2.24) is 5.43 Å². The molecule has 0 atom stereocenters. The molecule has 0 saturated heterocycles. The molecule has 4 aromatic rings. The van der Waals surface area contributed by atoms with Crippen molar-refractivity contribution in [3.05, 3.63) is 124 Å². The number of ether oxygens (including phenoxy) is 3. The molecule has 0 aliphatic heterocycles. The van der Waals surface area contributed by atoms with E-state index in [0.717, 1.165) is 16.7 Å². The molecule has 6 nitrogen and oxygen atoms in total. The lowest BCUT2D eigenvalue weighted by Gasteiger charge is -2.14. The molecule has 0 unspecified atom stereocenters. The van der Waals surface area contributed by atoms with Gasteiger partial charge in [0.25, 0.3) is 5.91 Å². The van der Waals surface area contributed by atoms with Crippen LogP contribution in [0.25, 0.3) is 0 Å². The zero-order chi connectivity index (χ0) is 26.0. The third-order valence-corrected chi connectivity index (χ3v) is 5.75. The van der Waals surface area contributed by atoms with Gasteiger partial charge in [0.15, 0.2) is 11.5 Å². The predicted molar refractivity (Wildman–Crippen MR) is 146 cm³/mol. The minimum Gasteiger partial charge on any atom is -0.493 e. The van der Waals surface area contributed by atoms with Gasteiger partial charge < -0.3 is 14.2 Å². The van der Waals surface area contributed by atoms with Crippen molar-refractivity contribution >= 4 is 23.7 Å². The summed E-state index contributed by atoms with van der Waals surface area (Å²) >= 11 is 6.18. The second-order valence-electron chi connectivity index (χ2n) is 8.30. The van der Waals surface area contributed by atoms with Gasteiger partial charge in [-0.25, -0.2) is 5.43 Å². The molecule has 0 fully saturated rings. The molecule has 0 spiro atoms. The Bertz CT molecular complexity index is 1370. The van der Waals surface area contributed by atoms with Gasteiger partial charge in [0.2, 0.25) is 0 Å². The fraction of sp³-hybridized carbons (Fsp3) is 0.133. The fourth-order valence-electron chi connectivity index (χ4n) is 3.50. The predicted octanol–water partition coefficient (Wildman–Crippen LogP) is 6.58. The van der Waals surface area contributed by atoms with Crippen LogP contribution < -0.4 is 19.6 Å². The molecule has 0 heterocycles. The summed E-state index contributed by atoms with van der Waals surface area (Å²) in [5.41, 5.74) is 6.74. The Hall–Kier alpha value is -4.29. The molecule has 0 radical (unpaired) electrons. The second kappa shape index (κ2) is 12.6. The van der Waals surface area contributed by atoms with E-state index in [1.54, 1.807) is 37.4 Å². The number of carbonyl (C=O) groups excluding carboxylic acids is 1. The minimum atomic E-state index is -0.303. The molecule has 4 rings (SSSR count). The molecule has 37 heavy (non-hydrogen) atoms.